The number of benzene rings is 4. The Morgan fingerprint density at radius 1 is 0.449 bits per heavy atom. The fourth-order valence-corrected chi connectivity index (χ4v) is 15.7. The number of carbonyl (C=O) groups is 19. The highest BCUT2D eigenvalue weighted by Crippen LogP contribution is 2.25. The molecule has 1 aliphatic rings. The zero-order valence-electron chi connectivity index (χ0n) is 79.0. The van der Waals surface area contributed by atoms with Gasteiger partial charge in [0.05, 0.1) is 31.7 Å². The van der Waals surface area contributed by atoms with Crippen molar-refractivity contribution < 1.29 is 111 Å². The number of pyridine rings is 1. The van der Waals surface area contributed by atoms with Crippen molar-refractivity contribution in [3.05, 3.63) is 156 Å². The maximum Gasteiger partial charge on any atom is 0.341 e. The molecule has 1 saturated heterocycles. The number of carboxylic acid groups (broad SMARTS) is 2. The fourth-order valence-electron chi connectivity index (χ4n) is 14.9. The Morgan fingerprint density at radius 3 is 1.36 bits per heavy atom. The van der Waals surface area contributed by atoms with Crippen molar-refractivity contribution in [1.29, 1.82) is 0 Å². The van der Waals surface area contributed by atoms with Crippen LogP contribution in [0, 0.1) is 29.6 Å². The summed E-state index contributed by atoms with van der Waals surface area (Å²) in [6, 6.07) is 8.26. The quantitative estimate of drug-likeness (QED) is 0.0287. The van der Waals surface area contributed by atoms with E-state index in [1.54, 1.807) is 110 Å². The second kappa shape index (κ2) is 53.8. The van der Waals surface area contributed by atoms with Gasteiger partial charge in [0.15, 0.2) is 6.61 Å². The molecule has 3 heterocycles. The smallest absolute Gasteiger partial charge is 0.341 e. The number of H-pyrrole nitrogens is 1. The number of primary amides is 2. The Bertz CT molecular complexity index is 5280. The number of thioether (sulfide) groups is 1. The number of aliphatic hydroxyl groups excluding tert-OH is 1. The number of amides is 17. The Hall–Kier alpha value is -14.4. The summed E-state index contributed by atoms with van der Waals surface area (Å²) in [6.07, 6.45) is 0.394. The average Bonchev–Trinajstić information content (AvgIpc) is 1.63. The van der Waals surface area contributed by atoms with E-state index >= 15 is 33.6 Å². The molecule has 1 fully saturated rings. The molecule has 7 rings (SSSR count). The Morgan fingerprint density at radius 2 is 0.862 bits per heavy atom. The number of nitrogens with two attached hydrogens (primary N) is 2. The van der Waals surface area contributed by atoms with E-state index < -0.39 is 271 Å². The van der Waals surface area contributed by atoms with Crippen LogP contribution in [0.15, 0.2) is 134 Å². The fraction of sp³-hybridized carbons (Fsp3) is 0.474. The number of para-hydroxylation sites is 1. The Labute approximate surface area is 802 Å². The first kappa shape index (κ1) is 111. The third-order valence-electron chi connectivity index (χ3n) is 22.3. The highest BCUT2D eigenvalue weighted by atomic mass is 32.2. The lowest BCUT2D eigenvalue weighted by Crippen LogP contribution is -2.62. The molecule has 42 nitrogen and oxygen atoms in total. The molecule has 0 saturated carbocycles. The SMILES string of the molecule is CC(C)C[C@@H]1NC(=O)[C@H](Cc2c[nH]c3ccccc23)NC(=O)[C@H](CC(=O)O)NC(=O)[C@H](Cc2ccc(OCC(=O)O)cc2)NC(=O)[C@H](Cc2ccncc2)NC(=O)CSC[C@@H](C(=O)NCC(N)=O)NC(=O)[C@H](CO)NC(=O)[C@H](C(C)C)NC(=O)[C@H](CC(C)C)NC(=O)[C@H](CC(N)=O)NC(=O)[C@@H](CC(C)C)NC(=O)[C@H](C)N(C)C(=O)[C@H](C(C)C)NC(=O)[C@H](Cc2ccc(-c3ccccc3)cc2)NC1=O. The number of likely N-dealkylation sites (N-methyl/N-ethyl adjacent to an activating group) is 1. The van der Waals surface area contributed by atoms with Crippen molar-refractivity contribution in [2.75, 3.05) is 38.3 Å². The van der Waals surface area contributed by atoms with Crippen LogP contribution in [0.2, 0.25) is 0 Å². The highest BCUT2D eigenvalue weighted by Gasteiger charge is 2.42. The molecule has 22 N–H and O–H groups in total. The molecule has 2 aromatic heterocycles. The maximum absolute atomic E-state index is 15.5. The molecule has 0 bridgehead atoms. The number of hydrogen-bond acceptors (Lipinski definition) is 23. The minimum Gasteiger partial charge on any atom is -0.482 e. The van der Waals surface area contributed by atoms with Crippen LogP contribution in [-0.4, -0.2) is 265 Å². The number of nitrogens with zero attached hydrogens (tertiary/aromatic N) is 2. The van der Waals surface area contributed by atoms with E-state index in [1.165, 1.54) is 76.6 Å². The number of aromatic amines is 1. The summed E-state index contributed by atoms with van der Waals surface area (Å²) < 4.78 is 5.33. The molecule has 138 heavy (non-hydrogen) atoms. The van der Waals surface area contributed by atoms with Crippen LogP contribution in [0.1, 0.15) is 131 Å². The summed E-state index contributed by atoms with van der Waals surface area (Å²) in [5.41, 5.74) is 14.8. The lowest BCUT2D eigenvalue weighted by molar-refractivity contribution is -0.143. The minimum absolute atomic E-state index is 0.0568. The van der Waals surface area contributed by atoms with Gasteiger partial charge in [-0.25, -0.2) is 4.79 Å². The molecule has 0 aliphatic carbocycles. The van der Waals surface area contributed by atoms with E-state index in [0.717, 1.165) is 16.0 Å². The van der Waals surface area contributed by atoms with Crippen molar-refractivity contribution in [2.45, 2.75) is 219 Å². The largest absolute Gasteiger partial charge is 0.482 e. The van der Waals surface area contributed by atoms with Crippen LogP contribution in [0.3, 0.4) is 0 Å². The van der Waals surface area contributed by atoms with Gasteiger partial charge in [-0.1, -0.05) is 154 Å². The number of nitrogens with one attached hydrogen (secondary N) is 15. The molecule has 1 aliphatic heterocycles. The molecule has 43 heteroatoms. The average molecular weight is 1940 g/mol. The number of aliphatic hydroxyl groups is 1. The number of ether oxygens (including phenoxy) is 1. The topological polar surface area (TPSA) is 647 Å². The van der Waals surface area contributed by atoms with Gasteiger partial charge in [-0.3, -0.25) is 91.3 Å². The van der Waals surface area contributed by atoms with Crippen molar-refractivity contribution in [3.8, 4) is 16.9 Å². The van der Waals surface area contributed by atoms with Crippen molar-refractivity contribution in [3.63, 3.8) is 0 Å². The van der Waals surface area contributed by atoms with Crippen molar-refractivity contribution in [1.82, 2.24) is 89.3 Å². The molecule has 14 atom stereocenters. The minimum atomic E-state index is -2.11. The molecular weight excluding hydrogens is 1810 g/mol. The van der Waals surface area contributed by atoms with Crippen LogP contribution in [-0.2, 0) is 117 Å². The van der Waals surface area contributed by atoms with E-state index in [1.807, 2.05) is 30.3 Å². The molecule has 0 unspecified atom stereocenters. The monoisotopic (exact) mass is 1930 g/mol. The van der Waals surface area contributed by atoms with Gasteiger partial charge in [-0.05, 0) is 119 Å². The molecule has 6 aromatic rings. The molecule has 0 radical (unpaired) electrons. The Balaban J connectivity index is 1.34. The van der Waals surface area contributed by atoms with Gasteiger partial charge in [0.2, 0.25) is 100 Å². The zero-order chi connectivity index (χ0) is 102. The third kappa shape index (κ3) is 35.4. The lowest BCUT2D eigenvalue weighted by atomic mass is 9.97. The van der Waals surface area contributed by atoms with Crippen molar-refractivity contribution in [2.24, 2.45) is 41.1 Å². The number of aliphatic carboxylic acids is 2. The van der Waals surface area contributed by atoms with Gasteiger partial charge < -0.3 is 116 Å². The summed E-state index contributed by atoms with van der Waals surface area (Å²) in [7, 11) is 1.27. The number of hydrogen-bond donors (Lipinski definition) is 20. The summed E-state index contributed by atoms with van der Waals surface area (Å²) in [6.45, 7) is 15.1. The first-order valence-electron chi connectivity index (χ1n) is 45.2. The van der Waals surface area contributed by atoms with Crippen LogP contribution in [0.4, 0.5) is 0 Å². The van der Waals surface area contributed by atoms with Gasteiger partial charge in [-0.15, -0.1) is 11.8 Å². The molecular formula is C95H127N19O23S. The molecule has 746 valence electrons. The molecule has 17 amide bonds. The molecule has 4 aromatic carbocycles. The van der Waals surface area contributed by atoms with E-state index in [9.17, 15) is 72.9 Å². The number of carboxylic acids is 2. The van der Waals surface area contributed by atoms with Crippen LogP contribution < -0.4 is 90.6 Å². The van der Waals surface area contributed by atoms with E-state index in [2.05, 4.69) is 84.4 Å². The summed E-state index contributed by atoms with van der Waals surface area (Å²) in [4.78, 5) is 280. The number of aromatic nitrogens is 2. The normalized spacial score (nSPS) is 22.9. The second-order valence-corrected chi connectivity index (χ2v) is 36.8. The van der Waals surface area contributed by atoms with Crippen LogP contribution >= 0.6 is 11.8 Å². The standard InChI is InChI=1S/C95H127N19O23S/c1-49(2)34-64-84(125)108-71(41-75(96)116)89(130)104-66(36-51(5)6)91(132)112-80(52(7)8)94(135)110-73(45-115)93(134)111-74(83(124)100-44-76(97)117)47-138-48-77(118)101-67(39-57-30-32-98-33-31-57)86(127)105-68(38-56-24-28-61(29-25-56)137-46-79(121)122)87(128)109-72(42-78(119)120)90(131)107-70(40-60-43-99-63-21-17-16-20-62(60)63)88(129)103-65(35-50(3)4)85(126)106-69(37-55-22-26-59(27-23-55)58-18-14-13-15-19-58)92(133)113-81(53(9)10)95(136)114(12)54(11)82(123)102-64/h13-33,43,49-54,64-74,80-81,99,115H,34-42,44-48H2,1-12H3,(H2,96,116)(H2,97,117)(H,100,124)(H,101,118)(H,102,123)(H,103,129)(H,104,130)(H,105,127)(H,106,126)(H,107,131)(H,108,125)(H,109,128)(H,110,135)(H,111,134)(H,112,132)(H,113,133)(H,119,120)(H,121,122)/t54-,64+,65-,66-,67-,68-,69-,70-,71-,72-,73-,74-,80-,81-/m0/s1. The van der Waals surface area contributed by atoms with Crippen LogP contribution in [0.5, 0.6) is 5.75 Å². The Kier molecular flexibility index (Phi) is 43.1. The summed E-state index contributed by atoms with van der Waals surface area (Å²) in [5.74, 6) is -24.7. The van der Waals surface area contributed by atoms with E-state index in [-0.39, 0.29) is 55.8 Å². The van der Waals surface area contributed by atoms with E-state index in [0.29, 0.717) is 39.4 Å². The first-order chi connectivity index (χ1) is 65.3. The predicted molar refractivity (Wildman–Crippen MR) is 507 cm³/mol. The van der Waals surface area contributed by atoms with Gasteiger partial charge >= 0.3 is 11.9 Å². The first-order valence-corrected chi connectivity index (χ1v) is 46.4. The van der Waals surface area contributed by atoms with Gasteiger partial charge in [-0.2, -0.15) is 0 Å². The number of carbonyl (C=O) groups excluding carboxylic acids is 17. The van der Waals surface area contributed by atoms with Gasteiger partial charge in [0.25, 0.3) is 0 Å². The summed E-state index contributed by atoms with van der Waals surface area (Å²) >= 11 is 0.675. The number of rotatable bonds is 28. The number of fused-ring (bicyclic) bond motifs is 1. The van der Waals surface area contributed by atoms with Crippen LogP contribution in [0.25, 0.3) is 22.0 Å². The zero-order valence-corrected chi connectivity index (χ0v) is 79.9. The molecule has 0 spiro atoms. The third-order valence-corrected chi connectivity index (χ3v) is 23.4. The highest BCUT2D eigenvalue weighted by molar-refractivity contribution is 8.00. The maximum atomic E-state index is 15.5. The van der Waals surface area contributed by atoms with Crippen molar-refractivity contribution >= 4 is 135 Å². The van der Waals surface area contributed by atoms with E-state index in [4.69, 9.17) is 16.2 Å². The van der Waals surface area contributed by atoms with Gasteiger partial charge in [0, 0.05) is 68.0 Å². The second-order valence-electron chi connectivity index (χ2n) is 35.8. The predicted octanol–water partition coefficient (Wildman–Crippen LogP) is -0.746. The summed E-state index contributed by atoms with van der Waals surface area (Å²) in [5, 5.41) is 67.0. The lowest BCUT2D eigenvalue weighted by Gasteiger charge is -2.33. The van der Waals surface area contributed by atoms with Gasteiger partial charge in [0.1, 0.15) is 90.3 Å².